The molecule has 2 aromatic carbocycles. The number of halogens is 1. The average molecular weight is 500 g/mol. The predicted molar refractivity (Wildman–Crippen MR) is 130 cm³/mol. The van der Waals surface area contributed by atoms with E-state index in [2.05, 4.69) is 25.2 Å². The van der Waals surface area contributed by atoms with Crippen LogP contribution in [-0.2, 0) is 10.0 Å². The van der Waals surface area contributed by atoms with Crippen molar-refractivity contribution in [3.05, 3.63) is 71.0 Å². The van der Waals surface area contributed by atoms with Crippen molar-refractivity contribution in [3.8, 4) is 17.0 Å². The molecule has 176 valence electrons. The number of nitrogens with zero attached hydrogens (tertiary/aromatic N) is 3. The summed E-state index contributed by atoms with van der Waals surface area (Å²) in [7, 11) is -3.84. The maximum Gasteiger partial charge on any atom is 0.264 e. The van der Waals surface area contributed by atoms with Crippen LogP contribution in [0.1, 0.15) is 18.2 Å². The SMILES string of the molecule is CCOc1cc(Cl)ccc1-c1ccnc(Nc2ccc(S(=O)(=O)Nc3onc(C)c3C)cc2)n1. The van der Waals surface area contributed by atoms with E-state index in [9.17, 15) is 8.42 Å². The molecule has 4 aromatic rings. The lowest BCUT2D eigenvalue weighted by molar-refractivity contribution is 0.341. The number of sulfonamides is 1. The number of ether oxygens (including phenoxy) is 1. The first-order valence-electron chi connectivity index (χ1n) is 10.4. The fourth-order valence-electron chi connectivity index (χ4n) is 3.09. The molecule has 0 spiro atoms. The molecule has 0 saturated heterocycles. The highest BCUT2D eigenvalue weighted by molar-refractivity contribution is 7.92. The van der Waals surface area contributed by atoms with Crippen LogP contribution >= 0.6 is 11.6 Å². The van der Waals surface area contributed by atoms with Gasteiger partial charge in [-0.25, -0.2) is 23.1 Å². The van der Waals surface area contributed by atoms with Gasteiger partial charge in [0.25, 0.3) is 10.0 Å². The van der Waals surface area contributed by atoms with Crippen molar-refractivity contribution in [2.24, 2.45) is 0 Å². The van der Waals surface area contributed by atoms with Gasteiger partial charge in [0.2, 0.25) is 11.8 Å². The fraction of sp³-hybridized carbons (Fsp3) is 0.174. The Hall–Kier alpha value is -3.63. The Morgan fingerprint density at radius 2 is 1.85 bits per heavy atom. The minimum absolute atomic E-state index is 0.0729. The van der Waals surface area contributed by atoms with Gasteiger partial charge in [0.15, 0.2) is 0 Å². The largest absolute Gasteiger partial charge is 0.493 e. The Bertz CT molecular complexity index is 1420. The second-order valence-corrected chi connectivity index (χ2v) is 9.43. The van der Waals surface area contributed by atoms with Crippen molar-refractivity contribution >= 4 is 39.1 Å². The van der Waals surface area contributed by atoms with E-state index in [1.807, 2.05) is 13.0 Å². The maximum atomic E-state index is 12.7. The Kier molecular flexibility index (Phi) is 6.71. The number of nitrogens with one attached hydrogen (secondary N) is 2. The summed E-state index contributed by atoms with van der Waals surface area (Å²) in [6, 6.07) is 13.3. The first-order chi connectivity index (χ1) is 16.3. The van der Waals surface area contributed by atoms with Gasteiger partial charge in [-0.3, -0.25) is 0 Å². The molecular weight excluding hydrogens is 478 g/mol. The Balaban J connectivity index is 1.53. The summed E-state index contributed by atoms with van der Waals surface area (Å²) in [5, 5.41) is 7.42. The minimum Gasteiger partial charge on any atom is -0.493 e. The molecule has 4 rings (SSSR count). The molecule has 2 heterocycles. The molecular formula is C23H22ClN5O4S. The molecule has 0 fully saturated rings. The number of rotatable bonds is 8. The summed E-state index contributed by atoms with van der Waals surface area (Å²) < 4.78 is 38.5. The summed E-state index contributed by atoms with van der Waals surface area (Å²) >= 11 is 6.10. The average Bonchev–Trinajstić information content (AvgIpc) is 3.12. The van der Waals surface area contributed by atoms with Gasteiger partial charge >= 0.3 is 0 Å². The van der Waals surface area contributed by atoms with Gasteiger partial charge < -0.3 is 14.6 Å². The number of aryl methyl sites for hydroxylation is 1. The quantitative estimate of drug-likeness (QED) is 0.333. The van der Waals surface area contributed by atoms with Gasteiger partial charge in [-0.2, -0.15) is 0 Å². The van der Waals surface area contributed by atoms with Crippen LogP contribution in [0.5, 0.6) is 5.75 Å². The van der Waals surface area contributed by atoms with E-state index in [1.54, 1.807) is 50.4 Å². The third kappa shape index (κ3) is 5.13. The van der Waals surface area contributed by atoms with Crippen LogP contribution in [-0.4, -0.2) is 30.1 Å². The molecule has 2 aromatic heterocycles. The van der Waals surface area contributed by atoms with Gasteiger partial charge in [-0.1, -0.05) is 16.8 Å². The summed E-state index contributed by atoms with van der Waals surface area (Å²) in [6.07, 6.45) is 1.62. The Morgan fingerprint density at radius 1 is 1.09 bits per heavy atom. The minimum atomic E-state index is -3.84. The molecule has 0 aliphatic heterocycles. The van der Waals surface area contributed by atoms with Crippen LogP contribution in [0.25, 0.3) is 11.3 Å². The smallest absolute Gasteiger partial charge is 0.264 e. The highest BCUT2D eigenvalue weighted by atomic mass is 35.5. The molecule has 34 heavy (non-hydrogen) atoms. The van der Waals surface area contributed by atoms with Crippen molar-refractivity contribution in [1.82, 2.24) is 15.1 Å². The normalized spacial score (nSPS) is 11.3. The molecule has 9 nitrogen and oxygen atoms in total. The van der Waals surface area contributed by atoms with Gasteiger partial charge in [-0.15, -0.1) is 0 Å². The second kappa shape index (κ2) is 9.70. The van der Waals surface area contributed by atoms with Crippen molar-refractivity contribution in [3.63, 3.8) is 0 Å². The van der Waals surface area contributed by atoms with E-state index >= 15 is 0 Å². The molecule has 0 aliphatic rings. The van der Waals surface area contributed by atoms with Crippen molar-refractivity contribution in [1.29, 1.82) is 0 Å². The lowest BCUT2D eigenvalue weighted by Gasteiger charge is -2.12. The maximum absolute atomic E-state index is 12.7. The third-order valence-electron chi connectivity index (χ3n) is 4.98. The van der Waals surface area contributed by atoms with Crippen LogP contribution in [0.3, 0.4) is 0 Å². The number of anilines is 3. The topological polar surface area (TPSA) is 119 Å². The molecule has 0 aliphatic carbocycles. The molecule has 0 bridgehead atoms. The molecule has 0 atom stereocenters. The van der Waals surface area contributed by atoms with Gasteiger partial charge in [0.1, 0.15) is 5.75 Å². The van der Waals surface area contributed by atoms with E-state index in [0.717, 1.165) is 5.56 Å². The summed E-state index contributed by atoms with van der Waals surface area (Å²) in [5.41, 5.74) is 3.29. The van der Waals surface area contributed by atoms with Crippen LogP contribution in [0.15, 0.2) is 64.1 Å². The van der Waals surface area contributed by atoms with E-state index in [1.165, 1.54) is 12.1 Å². The van der Waals surface area contributed by atoms with Crippen LogP contribution in [0, 0.1) is 13.8 Å². The van der Waals surface area contributed by atoms with Crippen molar-refractivity contribution < 1.29 is 17.7 Å². The van der Waals surface area contributed by atoms with Crippen molar-refractivity contribution in [2.45, 2.75) is 25.7 Å². The summed E-state index contributed by atoms with van der Waals surface area (Å²) in [6.45, 7) is 5.85. The zero-order chi connectivity index (χ0) is 24.3. The molecule has 0 radical (unpaired) electrons. The number of hydrogen-bond donors (Lipinski definition) is 2. The highest BCUT2D eigenvalue weighted by Crippen LogP contribution is 2.32. The van der Waals surface area contributed by atoms with Gasteiger partial charge in [0.05, 0.1) is 22.9 Å². The van der Waals surface area contributed by atoms with E-state index in [-0.39, 0.29) is 10.8 Å². The molecule has 11 heteroatoms. The number of benzene rings is 2. The van der Waals surface area contributed by atoms with E-state index < -0.39 is 10.0 Å². The van der Waals surface area contributed by atoms with Crippen molar-refractivity contribution in [2.75, 3.05) is 16.6 Å². The molecule has 0 amide bonds. The third-order valence-corrected chi connectivity index (χ3v) is 6.56. The monoisotopic (exact) mass is 499 g/mol. The fourth-order valence-corrected chi connectivity index (χ4v) is 4.30. The lowest BCUT2D eigenvalue weighted by atomic mass is 10.1. The van der Waals surface area contributed by atoms with Crippen LogP contribution in [0.2, 0.25) is 5.02 Å². The summed E-state index contributed by atoms with van der Waals surface area (Å²) in [5.74, 6) is 1.06. The zero-order valence-corrected chi connectivity index (χ0v) is 20.2. The summed E-state index contributed by atoms with van der Waals surface area (Å²) in [4.78, 5) is 8.88. The first kappa shape index (κ1) is 23.5. The van der Waals surface area contributed by atoms with E-state index in [0.29, 0.717) is 46.0 Å². The number of aromatic nitrogens is 3. The predicted octanol–water partition coefficient (Wildman–Crippen LogP) is 5.34. The zero-order valence-electron chi connectivity index (χ0n) is 18.7. The van der Waals surface area contributed by atoms with E-state index in [4.69, 9.17) is 20.9 Å². The standard InChI is InChI=1S/C23H22ClN5O4S/c1-4-32-21-13-16(24)5-10-19(21)20-11-12-25-23(27-20)26-17-6-8-18(9-7-17)34(30,31)29-22-14(2)15(3)28-33-22/h5-13,29H,4H2,1-3H3,(H,25,26,27). The second-order valence-electron chi connectivity index (χ2n) is 7.32. The Morgan fingerprint density at radius 3 is 2.53 bits per heavy atom. The lowest BCUT2D eigenvalue weighted by Crippen LogP contribution is -2.13. The highest BCUT2D eigenvalue weighted by Gasteiger charge is 2.19. The van der Waals surface area contributed by atoms with Gasteiger partial charge in [0, 0.05) is 28.0 Å². The van der Waals surface area contributed by atoms with Crippen LogP contribution in [0.4, 0.5) is 17.5 Å². The Labute approximate surface area is 202 Å². The molecule has 0 unspecified atom stereocenters. The molecule has 0 saturated carbocycles. The number of hydrogen-bond acceptors (Lipinski definition) is 8. The molecule has 2 N–H and O–H groups in total. The van der Waals surface area contributed by atoms with Gasteiger partial charge in [-0.05, 0) is 69.3 Å². The van der Waals surface area contributed by atoms with Crippen LogP contribution < -0.4 is 14.8 Å². The first-order valence-corrected chi connectivity index (χ1v) is 12.2.